The summed E-state index contributed by atoms with van der Waals surface area (Å²) >= 11 is 1.42. The van der Waals surface area contributed by atoms with Gasteiger partial charge in [-0.3, -0.25) is 4.79 Å². The third-order valence-electron chi connectivity index (χ3n) is 2.39. The van der Waals surface area contributed by atoms with Gasteiger partial charge in [-0.2, -0.15) is 11.8 Å². The summed E-state index contributed by atoms with van der Waals surface area (Å²) in [5.41, 5.74) is 7.04. The Morgan fingerprint density at radius 1 is 1.56 bits per heavy atom. The Kier molecular flexibility index (Phi) is 5.97. The zero-order valence-corrected chi connectivity index (χ0v) is 10.9. The minimum Gasteiger partial charge on any atom is -0.508 e. The predicted molar refractivity (Wildman–Crippen MR) is 70.2 cm³/mol. The summed E-state index contributed by atoms with van der Waals surface area (Å²) in [5, 5.41) is 18.6. The van der Waals surface area contributed by atoms with Crippen molar-refractivity contribution >= 4 is 17.7 Å². The Morgan fingerprint density at radius 3 is 2.89 bits per heavy atom. The van der Waals surface area contributed by atoms with Crippen molar-refractivity contribution in [2.24, 2.45) is 5.73 Å². The molecule has 100 valence electrons. The van der Waals surface area contributed by atoms with E-state index < -0.39 is 12.0 Å². The molecule has 0 heterocycles. The molecule has 0 bridgehead atoms. The number of benzene rings is 1. The molecule has 5 nitrogen and oxygen atoms in total. The number of thioether (sulfide) groups is 1. The van der Waals surface area contributed by atoms with Crippen molar-refractivity contribution in [2.45, 2.75) is 18.4 Å². The number of carbonyl (C=O) groups excluding carboxylic acids is 1. The number of phenolic OH excluding ortho intramolecular Hbond substituents is 1. The van der Waals surface area contributed by atoms with Gasteiger partial charge < -0.3 is 20.7 Å². The third-order valence-corrected chi connectivity index (χ3v) is 3.50. The lowest BCUT2D eigenvalue weighted by atomic mass is 10.1. The Bertz CT molecular complexity index is 411. The lowest BCUT2D eigenvalue weighted by Crippen LogP contribution is -2.33. The Morgan fingerprint density at radius 2 is 2.28 bits per heavy atom. The molecule has 0 fully saturated rings. The fourth-order valence-corrected chi connectivity index (χ4v) is 2.33. The van der Waals surface area contributed by atoms with Crippen LogP contribution in [0, 0.1) is 0 Å². The molecule has 0 radical (unpaired) electrons. The molecule has 1 rings (SSSR count). The predicted octanol–water partition coefficient (Wildman–Crippen LogP) is 0.618. The standard InChI is InChI=1S/C12H17NO4S/c1-17-12(16)10(13)7-18-6-9-4-8(5-14)2-3-11(9)15/h2-4,10,14-15H,5-7,13H2,1H3. The smallest absolute Gasteiger partial charge is 0.323 e. The average Bonchev–Trinajstić information content (AvgIpc) is 2.39. The highest BCUT2D eigenvalue weighted by molar-refractivity contribution is 7.98. The van der Waals surface area contributed by atoms with Gasteiger partial charge in [-0.05, 0) is 17.7 Å². The zero-order chi connectivity index (χ0) is 13.5. The summed E-state index contributed by atoms with van der Waals surface area (Å²) in [6, 6.07) is 4.26. The van der Waals surface area contributed by atoms with Crippen molar-refractivity contribution in [3.8, 4) is 5.75 Å². The van der Waals surface area contributed by atoms with Crippen LogP contribution in [0.5, 0.6) is 5.75 Å². The van der Waals surface area contributed by atoms with Crippen LogP contribution in [0.3, 0.4) is 0 Å². The van der Waals surface area contributed by atoms with Crippen molar-refractivity contribution in [3.63, 3.8) is 0 Å². The second-order valence-electron chi connectivity index (χ2n) is 3.77. The van der Waals surface area contributed by atoms with Crippen LogP contribution in [0.15, 0.2) is 18.2 Å². The number of aromatic hydroxyl groups is 1. The monoisotopic (exact) mass is 271 g/mol. The van der Waals surface area contributed by atoms with Crippen LogP contribution in [0.4, 0.5) is 0 Å². The van der Waals surface area contributed by atoms with Crippen LogP contribution in [-0.2, 0) is 21.9 Å². The number of hydrogen-bond acceptors (Lipinski definition) is 6. The van der Waals surface area contributed by atoms with Gasteiger partial charge in [0.1, 0.15) is 11.8 Å². The summed E-state index contributed by atoms with van der Waals surface area (Å²) in [6.45, 7) is -0.0698. The van der Waals surface area contributed by atoms with E-state index in [4.69, 9.17) is 10.8 Å². The molecule has 0 aromatic heterocycles. The first-order chi connectivity index (χ1) is 8.58. The first-order valence-electron chi connectivity index (χ1n) is 5.41. The number of aliphatic hydroxyl groups is 1. The normalized spacial score (nSPS) is 12.2. The molecule has 0 aliphatic carbocycles. The van der Waals surface area contributed by atoms with Crippen LogP contribution in [0.2, 0.25) is 0 Å². The van der Waals surface area contributed by atoms with Crippen LogP contribution in [0.1, 0.15) is 11.1 Å². The van der Waals surface area contributed by atoms with E-state index in [-0.39, 0.29) is 12.4 Å². The second-order valence-corrected chi connectivity index (χ2v) is 4.80. The van der Waals surface area contributed by atoms with E-state index >= 15 is 0 Å². The molecule has 1 unspecified atom stereocenters. The van der Waals surface area contributed by atoms with Crippen LogP contribution < -0.4 is 5.73 Å². The Hall–Kier alpha value is -1.24. The zero-order valence-electron chi connectivity index (χ0n) is 10.1. The largest absolute Gasteiger partial charge is 0.508 e. The van der Waals surface area contributed by atoms with Crippen molar-refractivity contribution in [3.05, 3.63) is 29.3 Å². The van der Waals surface area contributed by atoms with Gasteiger partial charge in [-0.15, -0.1) is 0 Å². The molecule has 0 aliphatic rings. The van der Waals surface area contributed by atoms with Gasteiger partial charge in [-0.25, -0.2) is 0 Å². The van der Waals surface area contributed by atoms with Crippen molar-refractivity contribution in [2.75, 3.05) is 12.9 Å². The minimum atomic E-state index is -0.664. The molecule has 1 aromatic rings. The molecule has 4 N–H and O–H groups in total. The number of esters is 1. The van der Waals surface area contributed by atoms with E-state index in [1.54, 1.807) is 18.2 Å². The fourth-order valence-electron chi connectivity index (χ4n) is 1.37. The molecule has 0 amide bonds. The second kappa shape index (κ2) is 7.25. The SMILES string of the molecule is COC(=O)C(N)CSCc1cc(CO)ccc1O. The van der Waals surface area contributed by atoms with Gasteiger partial charge in [0.25, 0.3) is 0 Å². The highest BCUT2D eigenvalue weighted by Gasteiger charge is 2.13. The lowest BCUT2D eigenvalue weighted by molar-refractivity contribution is -0.141. The Labute approximate surface area is 110 Å². The van der Waals surface area contributed by atoms with Crippen molar-refractivity contribution in [1.82, 2.24) is 0 Å². The summed E-state index contributed by atoms with van der Waals surface area (Å²) in [5.74, 6) is 0.655. The maximum Gasteiger partial charge on any atom is 0.323 e. The number of rotatable bonds is 6. The number of carbonyl (C=O) groups is 1. The lowest BCUT2D eigenvalue weighted by Gasteiger charge is -2.10. The van der Waals surface area contributed by atoms with Crippen LogP contribution in [-0.4, -0.2) is 35.1 Å². The topological polar surface area (TPSA) is 92.8 Å². The Balaban J connectivity index is 2.50. The molecule has 1 atom stereocenters. The number of methoxy groups -OCH3 is 1. The summed E-state index contributed by atoms with van der Waals surface area (Å²) in [4.78, 5) is 11.1. The molecule has 0 saturated heterocycles. The first kappa shape index (κ1) is 14.8. The minimum absolute atomic E-state index is 0.0698. The van der Waals surface area contributed by atoms with E-state index in [0.717, 1.165) is 5.56 Å². The van der Waals surface area contributed by atoms with Gasteiger partial charge in [0, 0.05) is 17.1 Å². The molecule has 1 aromatic carbocycles. The maximum atomic E-state index is 11.1. The van der Waals surface area contributed by atoms with E-state index in [0.29, 0.717) is 17.1 Å². The van der Waals surface area contributed by atoms with Gasteiger partial charge in [-0.1, -0.05) is 6.07 Å². The van der Waals surface area contributed by atoms with Crippen molar-refractivity contribution in [1.29, 1.82) is 0 Å². The quantitative estimate of drug-likeness (QED) is 0.657. The van der Waals surface area contributed by atoms with E-state index in [2.05, 4.69) is 4.74 Å². The molecular weight excluding hydrogens is 254 g/mol. The van der Waals surface area contributed by atoms with E-state index in [9.17, 15) is 9.90 Å². The van der Waals surface area contributed by atoms with Gasteiger partial charge in [0.15, 0.2) is 0 Å². The molecular formula is C12H17NO4S. The first-order valence-corrected chi connectivity index (χ1v) is 6.56. The molecule has 0 aliphatic heterocycles. The van der Waals surface area contributed by atoms with Crippen LogP contribution in [0.25, 0.3) is 0 Å². The number of ether oxygens (including phenoxy) is 1. The van der Waals surface area contributed by atoms with Crippen molar-refractivity contribution < 1.29 is 19.7 Å². The van der Waals surface area contributed by atoms with Gasteiger partial charge in [0.2, 0.25) is 0 Å². The molecule has 0 saturated carbocycles. The third kappa shape index (κ3) is 4.21. The molecule has 0 spiro atoms. The average molecular weight is 271 g/mol. The summed E-state index contributed by atoms with van der Waals surface area (Å²) in [6.07, 6.45) is 0. The molecule has 6 heteroatoms. The van der Waals surface area contributed by atoms with Gasteiger partial charge >= 0.3 is 5.97 Å². The summed E-state index contributed by atoms with van der Waals surface area (Å²) in [7, 11) is 1.30. The highest BCUT2D eigenvalue weighted by Crippen LogP contribution is 2.23. The van der Waals surface area contributed by atoms with Gasteiger partial charge in [0.05, 0.1) is 13.7 Å². The number of phenols is 1. The number of aliphatic hydroxyl groups excluding tert-OH is 1. The molecule has 18 heavy (non-hydrogen) atoms. The number of hydrogen-bond donors (Lipinski definition) is 3. The fraction of sp³-hybridized carbons (Fsp3) is 0.417. The van der Waals surface area contributed by atoms with E-state index in [1.807, 2.05) is 0 Å². The van der Waals surface area contributed by atoms with E-state index in [1.165, 1.54) is 18.9 Å². The highest BCUT2D eigenvalue weighted by atomic mass is 32.2. The summed E-state index contributed by atoms with van der Waals surface area (Å²) < 4.78 is 4.52. The number of nitrogens with two attached hydrogens (primary N) is 1. The maximum absolute atomic E-state index is 11.1. The van der Waals surface area contributed by atoms with Crippen LogP contribution >= 0.6 is 11.8 Å².